The van der Waals surface area contributed by atoms with Crippen molar-refractivity contribution in [2.24, 2.45) is 0 Å². The van der Waals surface area contributed by atoms with Crippen molar-refractivity contribution in [3.05, 3.63) is 33.2 Å². The zero-order valence-corrected chi connectivity index (χ0v) is 9.06. The second-order valence-electron chi connectivity index (χ2n) is 2.99. The van der Waals surface area contributed by atoms with E-state index in [1.54, 1.807) is 23.5 Å². The van der Waals surface area contributed by atoms with Crippen LogP contribution >= 0.6 is 24.0 Å². The van der Waals surface area contributed by atoms with Crippen LogP contribution in [0.5, 0.6) is 0 Å². The molecule has 14 heavy (non-hydrogen) atoms. The zero-order chi connectivity index (χ0) is 10.3. The van der Waals surface area contributed by atoms with Gasteiger partial charge in [-0.1, -0.05) is 0 Å². The number of nitro benzene ring substituents is 1. The van der Waals surface area contributed by atoms with Gasteiger partial charge in [-0.05, 0) is 24.4 Å². The molecule has 0 unspecified atom stereocenters. The highest BCUT2D eigenvalue weighted by Gasteiger charge is 2.13. The van der Waals surface area contributed by atoms with Gasteiger partial charge in [-0.15, -0.1) is 24.0 Å². The summed E-state index contributed by atoms with van der Waals surface area (Å²) in [5.41, 5.74) is 0.0682. The maximum absolute atomic E-state index is 10.6. The van der Waals surface area contributed by atoms with E-state index in [1.807, 2.05) is 13.0 Å². The van der Waals surface area contributed by atoms with Gasteiger partial charge < -0.3 is 0 Å². The minimum atomic E-state index is -0.408. The summed E-state index contributed by atoms with van der Waals surface area (Å²) >= 11 is 5.70. The summed E-state index contributed by atoms with van der Waals surface area (Å²) < 4.78 is 1.04. The molecule has 0 fully saturated rings. The summed E-state index contributed by atoms with van der Waals surface area (Å²) in [4.78, 5) is 11.8. The molecular formula is C9H7NO2S2. The molecule has 0 aliphatic rings. The third kappa shape index (κ3) is 1.49. The van der Waals surface area contributed by atoms with Gasteiger partial charge in [-0.25, -0.2) is 0 Å². The SMILES string of the molecule is Cc1cc2cc([N+](=O)[O-])c(S)cc2s1. The van der Waals surface area contributed by atoms with E-state index in [4.69, 9.17) is 0 Å². The Morgan fingerprint density at radius 2 is 2.14 bits per heavy atom. The molecule has 0 saturated heterocycles. The van der Waals surface area contributed by atoms with Gasteiger partial charge >= 0.3 is 0 Å². The molecule has 0 radical (unpaired) electrons. The minimum absolute atomic E-state index is 0.0682. The van der Waals surface area contributed by atoms with Crippen LogP contribution in [0.15, 0.2) is 23.1 Å². The molecule has 0 amide bonds. The van der Waals surface area contributed by atoms with E-state index in [-0.39, 0.29) is 5.69 Å². The van der Waals surface area contributed by atoms with Crippen LogP contribution in [-0.4, -0.2) is 4.92 Å². The number of fused-ring (bicyclic) bond motifs is 1. The monoisotopic (exact) mass is 225 g/mol. The lowest BCUT2D eigenvalue weighted by Crippen LogP contribution is -1.88. The van der Waals surface area contributed by atoms with Crippen LogP contribution in [0.2, 0.25) is 0 Å². The normalized spacial score (nSPS) is 10.7. The van der Waals surface area contributed by atoms with Crippen LogP contribution in [0.25, 0.3) is 10.1 Å². The number of thiol groups is 1. The van der Waals surface area contributed by atoms with Crippen molar-refractivity contribution in [3.63, 3.8) is 0 Å². The standard InChI is InChI=1S/C9H7NO2S2/c1-5-2-6-3-7(10(11)12)8(13)4-9(6)14-5/h2-4,13H,1H3. The first-order chi connectivity index (χ1) is 6.58. The summed E-state index contributed by atoms with van der Waals surface area (Å²) in [5, 5.41) is 11.5. The van der Waals surface area contributed by atoms with Gasteiger partial charge in [-0.2, -0.15) is 0 Å². The largest absolute Gasteiger partial charge is 0.283 e. The van der Waals surface area contributed by atoms with Crippen molar-refractivity contribution in [3.8, 4) is 0 Å². The summed E-state index contributed by atoms with van der Waals surface area (Å²) in [6.45, 7) is 1.98. The Kier molecular flexibility index (Phi) is 2.20. The molecule has 0 aliphatic carbocycles. The lowest BCUT2D eigenvalue weighted by molar-refractivity contribution is -0.387. The maximum Gasteiger partial charge on any atom is 0.283 e. The van der Waals surface area contributed by atoms with Crippen LogP contribution in [0.4, 0.5) is 5.69 Å². The number of thiophene rings is 1. The van der Waals surface area contributed by atoms with Gasteiger partial charge in [0.25, 0.3) is 5.69 Å². The van der Waals surface area contributed by atoms with Gasteiger partial charge in [0.15, 0.2) is 0 Å². The first-order valence-electron chi connectivity index (χ1n) is 3.95. The van der Waals surface area contributed by atoms with Gasteiger partial charge in [0.05, 0.1) is 9.82 Å². The Hall–Kier alpha value is -1.07. The van der Waals surface area contributed by atoms with E-state index < -0.39 is 4.92 Å². The molecule has 0 atom stereocenters. The molecule has 2 aromatic rings. The molecule has 72 valence electrons. The van der Waals surface area contributed by atoms with Crippen LogP contribution < -0.4 is 0 Å². The average Bonchev–Trinajstić information content (AvgIpc) is 2.42. The van der Waals surface area contributed by atoms with Crippen molar-refractivity contribution in [2.75, 3.05) is 0 Å². The average molecular weight is 225 g/mol. The Bertz CT molecular complexity index is 519. The van der Waals surface area contributed by atoms with E-state index in [9.17, 15) is 10.1 Å². The fourth-order valence-corrected chi connectivity index (χ4v) is 2.65. The molecule has 0 aliphatic heterocycles. The van der Waals surface area contributed by atoms with Crippen molar-refractivity contribution < 1.29 is 4.92 Å². The predicted octanol–water partition coefficient (Wildman–Crippen LogP) is 3.41. The number of rotatable bonds is 1. The molecule has 2 rings (SSSR count). The quantitative estimate of drug-likeness (QED) is 0.459. The maximum atomic E-state index is 10.6. The Morgan fingerprint density at radius 1 is 1.43 bits per heavy atom. The minimum Gasteiger partial charge on any atom is -0.258 e. The molecule has 5 heteroatoms. The molecule has 1 aromatic heterocycles. The number of aryl methyl sites for hydroxylation is 1. The highest BCUT2D eigenvalue weighted by atomic mass is 32.1. The molecule has 0 bridgehead atoms. The van der Waals surface area contributed by atoms with Crippen molar-refractivity contribution in [1.82, 2.24) is 0 Å². The van der Waals surface area contributed by atoms with E-state index in [0.717, 1.165) is 15.0 Å². The first kappa shape index (κ1) is 9.48. The van der Waals surface area contributed by atoms with Gasteiger partial charge in [0.2, 0.25) is 0 Å². The molecule has 0 spiro atoms. The topological polar surface area (TPSA) is 43.1 Å². The fraction of sp³-hybridized carbons (Fsp3) is 0.111. The smallest absolute Gasteiger partial charge is 0.258 e. The number of hydrogen-bond donors (Lipinski definition) is 1. The third-order valence-electron chi connectivity index (χ3n) is 1.93. The van der Waals surface area contributed by atoms with Crippen LogP contribution in [0, 0.1) is 17.0 Å². The van der Waals surface area contributed by atoms with E-state index in [1.165, 1.54) is 0 Å². The number of benzene rings is 1. The molecule has 0 N–H and O–H groups in total. The fourth-order valence-electron chi connectivity index (χ4n) is 1.34. The second kappa shape index (κ2) is 3.25. The van der Waals surface area contributed by atoms with Crippen molar-refractivity contribution >= 4 is 39.7 Å². The van der Waals surface area contributed by atoms with Gasteiger partial charge in [-0.3, -0.25) is 10.1 Å². The van der Waals surface area contributed by atoms with Crippen LogP contribution in [0.1, 0.15) is 4.88 Å². The van der Waals surface area contributed by atoms with E-state index in [2.05, 4.69) is 12.6 Å². The second-order valence-corrected chi connectivity index (χ2v) is 4.76. The summed E-state index contributed by atoms with van der Waals surface area (Å²) in [7, 11) is 0. The highest BCUT2D eigenvalue weighted by Crippen LogP contribution is 2.33. The zero-order valence-electron chi connectivity index (χ0n) is 7.35. The third-order valence-corrected chi connectivity index (χ3v) is 3.30. The molecule has 1 heterocycles. The van der Waals surface area contributed by atoms with Gasteiger partial charge in [0, 0.05) is 15.6 Å². The molecule has 1 aromatic carbocycles. The van der Waals surface area contributed by atoms with Crippen LogP contribution in [0.3, 0.4) is 0 Å². The Labute approximate surface area is 89.9 Å². The lowest BCUT2D eigenvalue weighted by Gasteiger charge is -1.95. The van der Waals surface area contributed by atoms with Gasteiger partial charge in [0.1, 0.15) is 0 Å². The number of nitro groups is 1. The Morgan fingerprint density at radius 3 is 2.79 bits per heavy atom. The summed E-state index contributed by atoms with van der Waals surface area (Å²) in [6.07, 6.45) is 0. The molecule has 3 nitrogen and oxygen atoms in total. The predicted molar refractivity (Wildman–Crippen MR) is 60.5 cm³/mol. The van der Waals surface area contributed by atoms with Crippen molar-refractivity contribution in [2.45, 2.75) is 11.8 Å². The number of hydrogen-bond acceptors (Lipinski definition) is 4. The summed E-state index contributed by atoms with van der Waals surface area (Å²) in [5.74, 6) is 0. The van der Waals surface area contributed by atoms with E-state index >= 15 is 0 Å². The first-order valence-corrected chi connectivity index (χ1v) is 5.22. The number of nitrogens with zero attached hydrogens (tertiary/aromatic N) is 1. The summed E-state index contributed by atoms with van der Waals surface area (Å²) in [6, 6.07) is 5.26. The van der Waals surface area contributed by atoms with E-state index in [0.29, 0.717) is 4.90 Å². The van der Waals surface area contributed by atoms with Crippen LogP contribution in [-0.2, 0) is 0 Å². The molecular weight excluding hydrogens is 218 g/mol. The lowest BCUT2D eigenvalue weighted by atomic mass is 10.2. The highest BCUT2D eigenvalue weighted by molar-refractivity contribution is 7.80. The van der Waals surface area contributed by atoms with Crippen molar-refractivity contribution in [1.29, 1.82) is 0 Å². The molecule has 0 saturated carbocycles. The Balaban J connectivity index is 2.76.